The minimum Gasteiger partial charge on any atom is -0.377 e. The minimum atomic E-state index is -0.0231. The second kappa shape index (κ2) is 7.48. The van der Waals surface area contributed by atoms with E-state index < -0.39 is 0 Å². The van der Waals surface area contributed by atoms with Crippen LogP contribution in [-0.4, -0.2) is 33.5 Å². The maximum Gasteiger partial charge on any atom is 0.138 e. The maximum atomic E-state index is 6.20. The Balaban J connectivity index is 2.63. The molecule has 5 heteroatoms. The number of nitrogens with zero attached hydrogens (tertiary/aromatic N) is 3. The molecule has 2 unspecified atom stereocenters. The Morgan fingerprint density at radius 3 is 2.67 bits per heavy atom. The van der Waals surface area contributed by atoms with Crippen LogP contribution in [0.2, 0.25) is 0 Å². The van der Waals surface area contributed by atoms with Crippen molar-refractivity contribution in [1.29, 1.82) is 0 Å². The molecule has 0 fully saturated rings. The van der Waals surface area contributed by atoms with Gasteiger partial charge in [-0.2, -0.15) is 5.10 Å². The Kier molecular flexibility index (Phi) is 6.29. The normalized spacial score (nSPS) is 15.0. The molecule has 0 amide bonds. The van der Waals surface area contributed by atoms with Crippen LogP contribution >= 0.6 is 0 Å². The smallest absolute Gasteiger partial charge is 0.138 e. The lowest BCUT2D eigenvalue weighted by Gasteiger charge is -2.22. The van der Waals surface area contributed by atoms with E-state index in [-0.39, 0.29) is 12.1 Å². The van der Waals surface area contributed by atoms with Gasteiger partial charge in [0.25, 0.3) is 0 Å². The molecule has 5 nitrogen and oxygen atoms in total. The van der Waals surface area contributed by atoms with Crippen LogP contribution in [0.1, 0.15) is 39.9 Å². The predicted molar refractivity (Wildman–Crippen MR) is 72.2 cm³/mol. The average molecular weight is 254 g/mol. The van der Waals surface area contributed by atoms with E-state index in [2.05, 4.69) is 30.9 Å². The van der Waals surface area contributed by atoms with E-state index in [0.717, 1.165) is 18.8 Å². The van der Waals surface area contributed by atoms with Gasteiger partial charge in [-0.25, -0.2) is 9.67 Å². The van der Waals surface area contributed by atoms with E-state index in [9.17, 15) is 0 Å². The zero-order valence-electron chi connectivity index (χ0n) is 12.0. The van der Waals surface area contributed by atoms with Crippen LogP contribution in [0.4, 0.5) is 0 Å². The number of nitrogens with two attached hydrogens (primary N) is 1. The fraction of sp³-hybridized carbons (Fsp3) is 0.846. The van der Waals surface area contributed by atoms with Crippen LogP contribution in [0.5, 0.6) is 0 Å². The van der Waals surface area contributed by atoms with Crippen LogP contribution in [0, 0.1) is 5.92 Å². The van der Waals surface area contributed by atoms with Crippen molar-refractivity contribution in [3.8, 4) is 0 Å². The van der Waals surface area contributed by atoms with Crippen LogP contribution in [0.3, 0.4) is 0 Å². The summed E-state index contributed by atoms with van der Waals surface area (Å²) >= 11 is 0. The van der Waals surface area contributed by atoms with Gasteiger partial charge in [0.2, 0.25) is 0 Å². The Hall–Kier alpha value is -0.940. The summed E-state index contributed by atoms with van der Waals surface area (Å²) in [5.74, 6) is 1.50. The molecule has 104 valence electrons. The molecule has 1 aromatic rings. The highest BCUT2D eigenvalue weighted by atomic mass is 16.5. The zero-order valence-corrected chi connectivity index (χ0v) is 12.0. The highest BCUT2D eigenvalue weighted by molar-refractivity contribution is 4.91. The highest BCUT2D eigenvalue weighted by Crippen LogP contribution is 2.09. The lowest BCUT2D eigenvalue weighted by molar-refractivity contribution is 0.0410. The van der Waals surface area contributed by atoms with E-state index in [1.165, 1.54) is 0 Å². The molecule has 0 spiro atoms. The molecule has 2 atom stereocenters. The van der Waals surface area contributed by atoms with Gasteiger partial charge in [-0.3, -0.25) is 0 Å². The van der Waals surface area contributed by atoms with E-state index in [1.54, 1.807) is 6.33 Å². The summed E-state index contributed by atoms with van der Waals surface area (Å²) < 4.78 is 7.59. The number of hydrogen-bond acceptors (Lipinski definition) is 4. The maximum absolute atomic E-state index is 6.20. The van der Waals surface area contributed by atoms with Gasteiger partial charge in [-0.15, -0.1) is 0 Å². The van der Waals surface area contributed by atoms with Crippen molar-refractivity contribution in [2.24, 2.45) is 11.7 Å². The molecule has 0 aromatic carbocycles. The lowest BCUT2D eigenvalue weighted by Crippen LogP contribution is -2.39. The third kappa shape index (κ3) is 4.38. The first-order valence-corrected chi connectivity index (χ1v) is 6.82. The summed E-state index contributed by atoms with van der Waals surface area (Å²) in [6, 6.07) is -0.0231. The molecule has 0 aliphatic heterocycles. The predicted octanol–water partition coefficient (Wildman–Crippen LogP) is 1.62. The quantitative estimate of drug-likeness (QED) is 0.765. The SMILES string of the molecule is CCOC(CC)C(N)Cc1ncnn1CC(C)C. The third-order valence-corrected chi connectivity index (χ3v) is 2.91. The molecule has 2 N–H and O–H groups in total. The summed E-state index contributed by atoms with van der Waals surface area (Å²) in [5.41, 5.74) is 6.20. The van der Waals surface area contributed by atoms with Crippen molar-refractivity contribution in [2.45, 2.75) is 59.2 Å². The number of rotatable bonds is 8. The molecule has 0 saturated heterocycles. The minimum absolute atomic E-state index is 0.0231. The van der Waals surface area contributed by atoms with Crippen molar-refractivity contribution in [1.82, 2.24) is 14.8 Å². The average Bonchev–Trinajstić information content (AvgIpc) is 2.72. The third-order valence-electron chi connectivity index (χ3n) is 2.91. The Morgan fingerprint density at radius 2 is 2.11 bits per heavy atom. The van der Waals surface area contributed by atoms with Gasteiger partial charge in [-0.1, -0.05) is 20.8 Å². The lowest BCUT2D eigenvalue weighted by atomic mass is 10.1. The fourth-order valence-corrected chi connectivity index (χ4v) is 2.05. The summed E-state index contributed by atoms with van der Waals surface area (Å²) in [6.45, 7) is 10.0. The second-order valence-corrected chi connectivity index (χ2v) is 5.02. The fourth-order valence-electron chi connectivity index (χ4n) is 2.05. The summed E-state index contributed by atoms with van der Waals surface area (Å²) in [7, 11) is 0. The van der Waals surface area contributed by atoms with Crippen molar-refractivity contribution < 1.29 is 4.74 Å². The van der Waals surface area contributed by atoms with Gasteiger partial charge in [0.15, 0.2) is 0 Å². The van der Waals surface area contributed by atoms with Gasteiger partial charge in [-0.05, 0) is 19.3 Å². The molecule has 0 saturated carbocycles. The zero-order chi connectivity index (χ0) is 13.5. The largest absolute Gasteiger partial charge is 0.377 e. The van der Waals surface area contributed by atoms with Crippen molar-refractivity contribution >= 4 is 0 Å². The van der Waals surface area contributed by atoms with E-state index >= 15 is 0 Å². The van der Waals surface area contributed by atoms with E-state index in [0.29, 0.717) is 18.9 Å². The Labute approximate surface area is 110 Å². The van der Waals surface area contributed by atoms with Gasteiger partial charge >= 0.3 is 0 Å². The second-order valence-electron chi connectivity index (χ2n) is 5.02. The molecular weight excluding hydrogens is 228 g/mol. The standard InChI is InChI=1S/C13H26N4O/c1-5-12(18-6-2)11(14)7-13-15-9-16-17(13)8-10(3)4/h9-12H,5-8,14H2,1-4H3. The summed E-state index contributed by atoms with van der Waals surface area (Å²) in [5, 5.41) is 4.25. The number of hydrogen-bond donors (Lipinski definition) is 1. The Morgan fingerprint density at radius 1 is 1.39 bits per heavy atom. The molecule has 0 aliphatic carbocycles. The summed E-state index contributed by atoms with van der Waals surface area (Å²) in [4.78, 5) is 4.30. The summed E-state index contributed by atoms with van der Waals surface area (Å²) in [6.07, 6.45) is 3.34. The topological polar surface area (TPSA) is 66.0 Å². The molecule has 18 heavy (non-hydrogen) atoms. The van der Waals surface area contributed by atoms with Gasteiger partial charge < -0.3 is 10.5 Å². The number of ether oxygens (including phenoxy) is 1. The first-order valence-electron chi connectivity index (χ1n) is 6.82. The van der Waals surface area contributed by atoms with Crippen LogP contribution < -0.4 is 5.73 Å². The molecule has 1 heterocycles. The van der Waals surface area contributed by atoms with E-state index in [1.807, 2.05) is 11.6 Å². The van der Waals surface area contributed by atoms with Crippen LogP contribution in [-0.2, 0) is 17.7 Å². The van der Waals surface area contributed by atoms with Crippen molar-refractivity contribution in [3.63, 3.8) is 0 Å². The molecule has 0 radical (unpaired) electrons. The van der Waals surface area contributed by atoms with Gasteiger partial charge in [0.1, 0.15) is 12.2 Å². The van der Waals surface area contributed by atoms with Gasteiger partial charge in [0, 0.05) is 25.6 Å². The van der Waals surface area contributed by atoms with Crippen LogP contribution in [0.15, 0.2) is 6.33 Å². The number of aromatic nitrogens is 3. The molecule has 1 rings (SSSR count). The molecular formula is C13H26N4O. The first-order chi connectivity index (χ1) is 8.58. The molecule has 1 aromatic heterocycles. The monoisotopic (exact) mass is 254 g/mol. The van der Waals surface area contributed by atoms with Crippen molar-refractivity contribution in [2.75, 3.05) is 6.61 Å². The first kappa shape index (κ1) is 15.1. The van der Waals surface area contributed by atoms with Gasteiger partial charge in [0.05, 0.1) is 6.10 Å². The molecule has 0 aliphatic rings. The van der Waals surface area contributed by atoms with Crippen LogP contribution in [0.25, 0.3) is 0 Å². The molecule has 0 bridgehead atoms. The van der Waals surface area contributed by atoms with E-state index in [4.69, 9.17) is 10.5 Å². The Bertz CT molecular complexity index is 337. The van der Waals surface area contributed by atoms with Crippen molar-refractivity contribution in [3.05, 3.63) is 12.2 Å². The highest BCUT2D eigenvalue weighted by Gasteiger charge is 2.19.